The van der Waals surface area contributed by atoms with Gasteiger partial charge in [-0.3, -0.25) is 4.79 Å². The molecule has 2 aromatic rings. The monoisotopic (exact) mass is 431 g/mol. The molecule has 0 N–H and O–H groups in total. The van der Waals surface area contributed by atoms with Gasteiger partial charge in [-0.1, -0.05) is 30.8 Å². The summed E-state index contributed by atoms with van der Waals surface area (Å²) in [5, 5.41) is 1.44. The van der Waals surface area contributed by atoms with E-state index < -0.39 is 0 Å². The summed E-state index contributed by atoms with van der Waals surface area (Å²) in [6.45, 7) is 8.82. The summed E-state index contributed by atoms with van der Waals surface area (Å²) in [7, 11) is 0. The highest BCUT2D eigenvalue weighted by atomic mass is 32.2. The van der Waals surface area contributed by atoms with E-state index in [-0.39, 0.29) is 12.0 Å². The number of aromatic nitrogens is 2. The standard InChI is InChI=1S/C22H29N3O2S2/c1-15-10-11-24(19-8-4-5-9-20(19)29-15)21(26)14-28-22-23-16(2)17(3)25(22)13-18-7-6-12-27-18/h4-5,8-9,15,18H,6-7,10-14H2,1-3H3. The Kier molecular flexibility index (Phi) is 6.56. The molecule has 5 nitrogen and oxygen atoms in total. The zero-order valence-corrected chi connectivity index (χ0v) is 19.0. The van der Waals surface area contributed by atoms with Crippen LogP contribution in [0.5, 0.6) is 0 Å². The van der Waals surface area contributed by atoms with Gasteiger partial charge in [-0.15, -0.1) is 11.8 Å². The van der Waals surface area contributed by atoms with E-state index in [1.165, 1.54) is 10.6 Å². The van der Waals surface area contributed by atoms with Crippen LogP contribution in [0.3, 0.4) is 0 Å². The van der Waals surface area contributed by atoms with Crippen molar-refractivity contribution >= 4 is 35.1 Å². The molecular formula is C22H29N3O2S2. The van der Waals surface area contributed by atoms with E-state index >= 15 is 0 Å². The number of anilines is 1. The Bertz CT molecular complexity index is 877. The molecule has 2 atom stereocenters. The first kappa shape index (κ1) is 20.8. The molecule has 1 aromatic heterocycles. The van der Waals surface area contributed by atoms with Crippen LogP contribution in [-0.4, -0.2) is 45.7 Å². The third kappa shape index (κ3) is 4.67. The zero-order valence-electron chi connectivity index (χ0n) is 17.4. The van der Waals surface area contributed by atoms with Gasteiger partial charge in [0.15, 0.2) is 5.16 Å². The van der Waals surface area contributed by atoms with Gasteiger partial charge in [0, 0.05) is 29.0 Å². The number of hydrogen-bond donors (Lipinski definition) is 0. The van der Waals surface area contributed by atoms with Gasteiger partial charge in [-0.05, 0) is 45.2 Å². The average Bonchev–Trinajstić information content (AvgIpc) is 3.26. The molecule has 2 unspecified atom stereocenters. The van der Waals surface area contributed by atoms with Crippen LogP contribution >= 0.6 is 23.5 Å². The first-order valence-electron chi connectivity index (χ1n) is 10.4. The van der Waals surface area contributed by atoms with Crippen LogP contribution in [0.4, 0.5) is 5.69 Å². The lowest BCUT2D eigenvalue weighted by atomic mass is 10.2. The predicted molar refractivity (Wildman–Crippen MR) is 120 cm³/mol. The van der Waals surface area contributed by atoms with Crippen LogP contribution in [0, 0.1) is 13.8 Å². The molecule has 29 heavy (non-hydrogen) atoms. The SMILES string of the molecule is Cc1nc(SCC(=O)N2CCC(C)Sc3ccccc32)n(CC2CCCO2)c1C. The number of carbonyl (C=O) groups excluding carboxylic acids is 1. The van der Waals surface area contributed by atoms with E-state index in [1.54, 1.807) is 11.8 Å². The fourth-order valence-corrected chi connectivity index (χ4v) is 5.98. The zero-order chi connectivity index (χ0) is 20.4. The summed E-state index contributed by atoms with van der Waals surface area (Å²) in [6.07, 6.45) is 3.48. The van der Waals surface area contributed by atoms with Crippen LogP contribution in [0.15, 0.2) is 34.3 Å². The fraction of sp³-hybridized carbons (Fsp3) is 0.545. The Morgan fingerprint density at radius 1 is 1.31 bits per heavy atom. The summed E-state index contributed by atoms with van der Waals surface area (Å²) in [5.74, 6) is 0.550. The lowest BCUT2D eigenvalue weighted by Crippen LogP contribution is -2.33. The number of aryl methyl sites for hydroxylation is 1. The Morgan fingerprint density at radius 2 is 2.14 bits per heavy atom. The minimum atomic E-state index is 0.152. The van der Waals surface area contributed by atoms with Crippen molar-refractivity contribution in [1.29, 1.82) is 0 Å². The fourth-order valence-electron chi connectivity index (χ4n) is 3.89. The van der Waals surface area contributed by atoms with Crippen molar-refractivity contribution in [3.63, 3.8) is 0 Å². The normalized spacial score (nSPS) is 21.8. The molecule has 3 heterocycles. The van der Waals surface area contributed by atoms with Crippen LogP contribution < -0.4 is 4.90 Å². The number of hydrogen-bond acceptors (Lipinski definition) is 5. The average molecular weight is 432 g/mol. The number of nitrogens with zero attached hydrogens (tertiary/aromatic N) is 3. The van der Waals surface area contributed by atoms with Crippen molar-refractivity contribution in [2.24, 2.45) is 0 Å². The molecule has 0 spiro atoms. The highest BCUT2D eigenvalue weighted by molar-refractivity contribution is 8.00. The van der Waals surface area contributed by atoms with E-state index in [4.69, 9.17) is 9.72 Å². The molecule has 7 heteroatoms. The first-order chi connectivity index (χ1) is 14.0. The Morgan fingerprint density at radius 3 is 2.93 bits per heavy atom. The van der Waals surface area contributed by atoms with Crippen molar-refractivity contribution in [1.82, 2.24) is 9.55 Å². The maximum absolute atomic E-state index is 13.2. The van der Waals surface area contributed by atoms with Gasteiger partial charge in [0.2, 0.25) is 5.91 Å². The van der Waals surface area contributed by atoms with Crippen molar-refractivity contribution in [3.8, 4) is 0 Å². The summed E-state index contributed by atoms with van der Waals surface area (Å²) in [6, 6.07) is 8.25. The number of para-hydroxylation sites is 1. The molecule has 1 aromatic carbocycles. The van der Waals surface area contributed by atoms with Gasteiger partial charge in [0.1, 0.15) is 0 Å². The lowest BCUT2D eigenvalue weighted by molar-refractivity contribution is -0.116. The summed E-state index contributed by atoms with van der Waals surface area (Å²) < 4.78 is 8.06. The first-order valence-corrected chi connectivity index (χ1v) is 12.2. The maximum atomic E-state index is 13.2. The number of carbonyl (C=O) groups is 1. The second kappa shape index (κ2) is 9.14. The molecule has 0 aliphatic carbocycles. The Hall–Kier alpha value is -1.44. The number of benzene rings is 1. The minimum Gasteiger partial charge on any atom is -0.376 e. The number of ether oxygens (including phenoxy) is 1. The molecule has 2 aliphatic heterocycles. The minimum absolute atomic E-state index is 0.152. The van der Waals surface area contributed by atoms with Gasteiger partial charge in [0.25, 0.3) is 0 Å². The molecule has 156 valence electrons. The van der Waals surface area contributed by atoms with E-state index in [0.29, 0.717) is 11.0 Å². The maximum Gasteiger partial charge on any atom is 0.237 e. The van der Waals surface area contributed by atoms with E-state index in [9.17, 15) is 4.79 Å². The Balaban J connectivity index is 1.48. The number of thioether (sulfide) groups is 2. The largest absolute Gasteiger partial charge is 0.376 e. The van der Waals surface area contributed by atoms with Crippen molar-refractivity contribution in [2.75, 3.05) is 23.8 Å². The quantitative estimate of drug-likeness (QED) is 0.643. The third-order valence-corrected chi connectivity index (χ3v) is 7.90. The highest BCUT2D eigenvalue weighted by Gasteiger charge is 2.25. The van der Waals surface area contributed by atoms with Gasteiger partial charge < -0.3 is 14.2 Å². The predicted octanol–water partition coefficient (Wildman–Crippen LogP) is 4.69. The van der Waals surface area contributed by atoms with E-state index in [0.717, 1.165) is 55.5 Å². The number of fused-ring (bicyclic) bond motifs is 1. The number of amides is 1. The van der Waals surface area contributed by atoms with Gasteiger partial charge in [-0.25, -0.2) is 4.98 Å². The molecule has 1 fully saturated rings. The van der Waals surface area contributed by atoms with Crippen molar-refractivity contribution in [3.05, 3.63) is 35.7 Å². The number of rotatable bonds is 5. The molecule has 4 rings (SSSR count). The summed E-state index contributed by atoms with van der Waals surface area (Å²) >= 11 is 3.41. The van der Waals surface area contributed by atoms with Gasteiger partial charge in [-0.2, -0.15) is 0 Å². The van der Waals surface area contributed by atoms with Gasteiger partial charge >= 0.3 is 0 Å². The topological polar surface area (TPSA) is 47.4 Å². The molecule has 0 bridgehead atoms. The van der Waals surface area contributed by atoms with Crippen LogP contribution in [0.25, 0.3) is 0 Å². The molecule has 2 aliphatic rings. The molecule has 1 amide bonds. The van der Waals surface area contributed by atoms with Crippen molar-refractivity contribution < 1.29 is 9.53 Å². The Labute approximate surface area is 181 Å². The lowest BCUT2D eigenvalue weighted by Gasteiger charge is -2.22. The third-order valence-electron chi connectivity index (χ3n) is 5.70. The van der Waals surface area contributed by atoms with Crippen LogP contribution in [-0.2, 0) is 16.1 Å². The number of imidazole rings is 1. The van der Waals surface area contributed by atoms with Crippen LogP contribution in [0.2, 0.25) is 0 Å². The molecular weight excluding hydrogens is 402 g/mol. The second-order valence-electron chi connectivity index (χ2n) is 7.83. The summed E-state index contributed by atoms with van der Waals surface area (Å²) in [5.41, 5.74) is 3.24. The van der Waals surface area contributed by atoms with Crippen molar-refractivity contribution in [2.45, 2.75) is 68.0 Å². The molecule has 0 saturated carbocycles. The molecule has 0 radical (unpaired) electrons. The smallest absolute Gasteiger partial charge is 0.237 e. The van der Waals surface area contributed by atoms with E-state index in [2.05, 4.69) is 36.6 Å². The van der Waals surface area contributed by atoms with Crippen LogP contribution in [0.1, 0.15) is 37.6 Å². The highest BCUT2D eigenvalue weighted by Crippen LogP contribution is 2.37. The van der Waals surface area contributed by atoms with Gasteiger partial charge in [0.05, 0.1) is 29.8 Å². The summed E-state index contributed by atoms with van der Waals surface area (Å²) in [4.78, 5) is 21.1. The van der Waals surface area contributed by atoms with E-state index in [1.807, 2.05) is 29.7 Å². The molecule has 1 saturated heterocycles. The second-order valence-corrected chi connectivity index (χ2v) is 10.3.